The van der Waals surface area contributed by atoms with E-state index in [4.69, 9.17) is 11.6 Å². The Morgan fingerprint density at radius 2 is 1.74 bits per heavy atom. The van der Waals surface area contributed by atoms with E-state index in [-0.39, 0.29) is 5.69 Å². The molecule has 0 aliphatic carbocycles. The van der Waals surface area contributed by atoms with Gasteiger partial charge in [-0.2, -0.15) is 0 Å². The van der Waals surface area contributed by atoms with Crippen LogP contribution in [0.5, 0.6) is 0 Å². The van der Waals surface area contributed by atoms with E-state index in [0.29, 0.717) is 11.4 Å². The highest BCUT2D eigenvalue weighted by Gasteiger charge is 2.27. The van der Waals surface area contributed by atoms with Crippen LogP contribution in [0.3, 0.4) is 0 Å². The van der Waals surface area contributed by atoms with E-state index in [9.17, 15) is 9.90 Å². The van der Waals surface area contributed by atoms with Crippen LogP contribution in [0.2, 0.25) is 0 Å². The van der Waals surface area contributed by atoms with Crippen LogP contribution in [0.4, 0.5) is 5.69 Å². The molecule has 27 heavy (non-hydrogen) atoms. The van der Waals surface area contributed by atoms with Crippen molar-refractivity contribution in [2.75, 3.05) is 18.0 Å². The van der Waals surface area contributed by atoms with Crippen molar-refractivity contribution < 1.29 is 9.90 Å². The molecule has 1 aliphatic rings. The first-order valence-electron chi connectivity index (χ1n) is 9.26. The Hall–Kier alpha value is -2.59. The normalized spacial score (nSPS) is 14.5. The number of carboxylic acids is 1. The second-order valence-electron chi connectivity index (χ2n) is 6.84. The van der Waals surface area contributed by atoms with Gasteiger partial charge in [0.2, 0.25) is 0 Å². The minimum Gasteiger partial charge on any atom is -0.476 e. The fraction of sp³-hybridized carbons (Fsp3) is 0.273. The van der Waals surface area contributed by atoms with Crippen LogP contribution in [-0.2, 0) is 5.88 Å². The largest absolute Gasteiger partial charge is 0.476 e. The van der Waals surface area contributed by atoms with E-state index in [1.807, 2.05) is 48.5 Å². The number of fused-ring (bicyclic) bond motifs is 1. The standard InChI is InChI=1S/C22H21ClN2O2/c23-14-15-8-2-3-9-16(15)19-17-10-4-5-11-18(17)24-20(22(26)27)21(19)25-12-6-1-7-13-25/h2-5,8-11H,1,6-7,12-14H2,(H,26,27). The molecule has 1 saturated heterocycles. The zero-order chi connectivity index (χ0) is 18.8. The van der Waals surface area contributed by atoms with E-state index in [0.717, 1.165) is 53.7 Å². The molecule has 0 amide bonds. The number of carboxylic acid groups (broad SMARTS) is 1. The maximum atomic E-state index is 12.1. The molecule has 2 aromatic carbocycles. The second kappa shape index (κ2) is 7.57. The monoisotopic (exact) mass is 380 g/mol. The lowest BCUT2D eigenvalue weighted by Gasteiger charge is -2.32. The Kier molecular flexibility index (Phi) is 4.99. The van der Waals surface area contributed by atoms with Crippen molar-refractivity contribution >= 4 is 34.2 Å². The molecule has 4 rings (SSSR count). The fourth-order valence-corrected chi connectivity index (χ4v) is 4.16. The Balaban J connectivity index is 2.11. The lowest BCUT2D eigenvalue weighted by molar-refractivity contribution is 0.0691. The third-order valence-electron chi connectivity index (χ3n) is 5.17. The molecule has 0 unspecified atom stereocenters. The van der Waals surface area contributed by atoms with Crippen molar-refractivity contribution in [3.63, 3.8) is 0 Å². The van der Waals surface area contributed by atoms with Crippen LogP contribution in [-0.4, -0.2) is 29.1 Å². The molecule has 2 heterocycles. The average molecular weight is 381 g/mol. The lowest BCUT2D eigenvalue weighted by Crippen LogP contribution is -2.32. The zero-order valence-electron chi connectivity index (χ0n) is 15.0. The molecule has 1 N–H and O–H groups in total. The van der Waals surface area contributed by atoms with Crippen molar-refractivity contribution in [2.24, 2.45) is 0 Å². The van der Waals surface area contributed by atoms with E-state index in [1.165, 1.54) is 6.42 Å². The summed E-state index contributed by atoms with van der Waals surface area (Å²) in [6.07, 6.45) is 3.29. The smallest absolute Gasteiger partial charge is 0.356 e. The van der Waals surface area contributed by atoms with Crippen molar-refractivity contribution in [1.29, 1.82) is 0 Å². The molecular formula is C22H21ClN2O2. The third kappa shape index (κ3) is 3.26. The highest BCUT2D eigenvalue weighted by molar-refractivity contribution is 6.18. The highest BCUT2D eigenvalue weighted by Crippen LogP contribution is 2.41. The topological polar surface area (TPSA) is 53.4 Å². The summed E-state index contributed by atoms with van der Waals surface area (Å²) in [7, 11) is 0. The Labute approximate surface area is 163 Å². The number of rotatable bonds is 4. The van der Waals surface area contributed by atoms with Gasteiger partial charge in [-0.3, -0.25) is 0 Å². The summed E-state index contributed by atoms with van der Waals surface area (Å²) in [4.78, 5) is 18.8. The molecule has 5 heteroatoms. The summed E-state index contributed by atoms with van der Waals surface area (Å²) < 4.78 is 0. The number of alkyl halides is 1. The molecule has 4 nitrogen and oxygen atoms in total. The average Bonchev–Trinajstić information content (AvgIpc) is 2.73. The van der Waals surface area contributed by atoms with Gasteiger partial charge in [0, 0.05) is 29.9 Å². The zero-order valence-corrected chi connectivity index (χ0v) is 15.7. The molecular weight excluding hydrogens is 360 g/mol. The number of carbonyl (C=O) groups is 1. The number of pyridine rings is 1. The first-order valence-corrected chi connectivity index (χ1v) is 9.79. The third-order valence-corrected chi connectivity index (χ3v) is 5.46. The number of nitrogens with zero attached hydrogens (tertiary/aromatic N) is 2. The maximum absolute atomic E-state index is 12.1. The highest BCUT2D eigenvalue weighted by atomic mass is 35.5. The van der Waals surface area contributed by atoms with E-state index in [2.05, 4.69) is 9.88 Å². The van der Waals surface area contributed by atoms with Gasteiger partial charge in [-0.25, -0.2) is 9.78 Å². The molecule has 0 atom stereocenters. The van der Waals surface area contributed by atoms with Gasteiger partial charge in [-0.15, -0.1) is 11.6 Å². The molecule has 0 saturated carbocycles. The van der Waals surface area contributed by atoms with Gasteiger partial charge in [0.05, 0.1) is 11.2 Å². The number of halogens is 1. The van der Waals surface area contributed by atoms with Gasteiger partial charge >= 0.3 is 5.97 Å². The van der Waals surface area contributed by atoms with Crippen LogP contribution in [0, 0.1) is 0 Å². The fourth-order valence-electron chi connectivity index (χ4n) is 3.93. The number of anilines is 1. The van der Waals surface area contributed by atoms with Crippen LogP contribution in [0.1, 0.15) is 35.3 Å². The van der Waals surface area contributed by atoms with Crippen molar-refractivity contribution in [2.45, 2.75) is 25.1 Å². The Morgan fingerprint density at radius 3 is 2.48 bits per heavy atom. The maximum Gasteiger partial charge on any atom is 0.356 e. The van der Waals surface area contributed by atoms with Crippen molar-refractivity contribution in [1.82, 2.24) is 4.98 Å². The lowest BCUT2D eigenvalue weighted by atomic mass is 9.93. The van der Waals surface area contributed by atoms with E-state index >= 15 is 0 Å². The molecule has 1 fully saturated rings. The molecule has 1 aliphatic heterocycles. The summed E-state index contributed by atoms with van der Waals surface area (Å²) in [6.45, 7) is 1.69. The molecule has 0 bridgehead atoms. The van der Waals surface area contributed by atoms with Crippen LogP contribution < -0.4 is 4.90 Å². The minimum absolute atomic E-state index is 0.120. The predicted molar refractivity (Wildman–Crippen MR) is 110 cm³/mol. The number of benzene rings is 2. The molecule has 3 aromatic rings. The SMILES string of the molecule is O=C(O)c1nc2ccccc2c(-c2ccccc2CCl)c1N1CCCCC1. The predicted octanol–water partition coefficient (Wildman–Crippen LogP) is 5.33. The van der Waals surface area contributed by atoms with E-state index < -0.39 is 5.97 Å². The molecule has 138 valence electrons. The molecule has 1 aromatic heterocycles. The van der Waals surface area contributed by atoms with Gasteiger partial charge in [-0.1, -0.05) is 42.5 Å². The number of aromatic carboxylic acids is 1. The summed E-state index contributed by atoms with van der Waals surface area (Å²) in [5.41, 5.74) is 4.43. The summed E-state index contributed by atoms with van der Waals surface area (Å²) in [6, 6.07) is 15.7. The van der Waals surface area contributed by atoms with E-state index in [1.54, 1.807) is 0 Å². The van der Waals surface area contributed by atoms with Crippen molar-refractivity contribution in [3.05, 3.63) is 59.8 Å². The van der Waals surface area contributed by atoms with Gasteiger partial charge < -0.3 is 10.0 Å². The first-order chi connectivity index (χ1) is 13.2. The minimum atomic E-state index is -0.995. The second-order valence-corrected chi connectivity index (χ2v) is 7.11. The Bertz CT molecular complexity index is 997. The number of para-hydroxylation sites is 1. The number of aromatic nitrogens is 1. The van der Waals surface area contributed by atoms with Gasteiger partial charge in [0.15, 0.2) is 5.69 Å². The molecule has 0 spiro atoms. The Morgan fingerprint density at radius 1 is 1.04 bits per heavy atom. The van der Waals surface area contributed by atoms with Gasteiger partial charge in [0.1, 0.15) is 0 Å². The van der Waals surface area contributed by atoms with Gasteiger partial charge in [-0.05, 0) is 36.5 Å². The number of hydrogen-bond donors (Lipinski definition) is 1. The first kappa shape index (κ1) is 17.8. The van der Waals surface area contributed by atoms with Crippen LogP contribution in [0.25, 0.3) is 22.0 Å². The van der Waals surface area contributed by atoms with Crippen LogP contribution in [0.15, 0.2) is 48.5 Å². The summed E-state index contributed by atoms with van der Waals surface area (Å²) in [5, 5.41) is 10.9. The van der Waals surface area contributed by atoms with Gasteiger partial charge in [0.25, 0.3) is 0 Å². The summed E-state index contributed by atoms with van der Waals surface area (Å²) in [5.74, 6) is -0.625. The van der Waals surface area contributed by atoms with Crippen LogP contribution >= 0.6 is 11.6 Å². The quantitative estimate of drug-likeness (QED) is 0.621. The van der Waals surface area contributed by atoms with Crippen molar-refractivity contribution in [3.8, 4) is 11.1 Å². The number of piperidine rings is 1. The summed E-state index contributed by atoms with van der Waals surface area (Å²) >= 11 is 6.23. The number of hydrogen-bond acceptors (Lipinski definition) is 3. The molecule has 0 radical (unpaired) electrons.